The van der Waals surface area contributed by atoms with E-state index < -0.39 is 10.0 Å². The molecule has 3 rings (SSSR count). The fourth-order valence-corrected chi connectivity index (χ4v) is 5.91. The summed E-state index contributed by atoms with van der Waals surface area (Å²) in [7, 11) is -1.98. The number of rotatable bonds is 6. The summed E-state index contributed by atoms with van der Waals surface area (Å²) in [6.07, 6.45) is 0.926. The van der Waals surface area contributed by atoms with Gasteiger partial charge in [0.05, 0.1) is 17.9 Å². The second-order valence-electron chi connectivity index (χ2n) is 7.86. The van der Waals surface area contributed by atoms with Crippen molar-refractivity contribution in [1.82, 2.24) is 4.31 Å². The van der Waals surface area contributed by atoms with Gasteiger partial charge in [-0.1, -0.05) is 29.8 Å². The van der Waals surface area contributed by atoms with Crippen molar-refractivity contribution in [2.75, 3.05) is 20.2 Å². The van der Waals surface area contributed by atoms with Crippen LogP contribution in [-0.2, 0) is 26.2 Å². The molecule has 1 saturated heterocycles. The van der Waals surface area contributed by atoms with Gasteiger partial charge in [-0.25, -0.2) is 8.42 Å². The van der Waals surface area contributed by atoms with Crippen LogP contribution in [0.4, 0.5) is 0 Å². The van der Waals surface area contributed by atoms with Crippen LogP contribution in [0.5, 0.6) is 5.75 Å². The Morgan fingerprint density at radius 2 is 1.60 bits per heavy atom. The molecule has 2 aromatic carbocycles. The fraction of sp³-hybridized carbons (Fsp3) is 0.435. The van der Waals surface area contributed by atoms with E-state index >= 15 is 0 Å². The average molecular weight is 432 g/mol. The van der Waals surface area contributed by atoms with Gasteiger partial charge in [0.1, 0.15) is 12.4 Å². The second kappa shape index (κ2) is 9.18. The van der Waals surface area contributed by atoms with Crippen LogP contribution in [0.3, 0.4) is 0 Å². The molecule has 0 unspecified atom stereocenters. The molecule has 7 heteroatoms. The summed E-state index contributed by atoms with van der Waals surface area (Å²) in [6, 6.07) is 11.1. The Labute approximate surface area is 178 Å². The minimum absolute atomic E-state index is 0.198. The van der Waals surface area contributed by atoms with Gasteiger partial charge in [-0.3, -0.25) is 4.79 Å². The first-order valence-corrected chi connectivity index (χ1v) is 11.5. The molecule has 0 N–H and O–H groups in total. The van der Waals surface area contributed by atoms with Gasteiger partial charge in [-0.05, 0) is 62.4 Å². The number of aryl methyl sites for hydroxylation is 3. The number of hydrogen-bond acceptors (Lipinski definition) is 5. The maximum Gasteiger partial charge on any atom is 0.309 e. The lowest BCUT2D eigenvalue weighted by atomic mass is 9.98. The maximum absolute atomic E-state index is 13.2. The van der Waals surface area contributed by atoms with Gasteiger partial charge in [0.25, 0.3) is 0 Å². The van der Waals surface area contributed by atoms with Crippen molar-refractivity contribution in [3.8, 4) is 5.75 Å². The number of nitrogens with zero attached hydrogens (tertiary/aromatic N) is 1. The van der Waals surface area contributed by atoms with Gasteiger partial charge in [-0.15, -0.1) is 0 Å². The van der Waals surface area contributed by atoms with E-state index in [1.807, 2.05) is 57.2 Å². The summed E-state index contributed by atoms with van der Waals surface area (Å²) in [5.41, 5.74) is 3.44. The van der Waals surface area contributed by atoms with Crippen LogP contribution in [0.25, 0.3) is 0 Å². The quantitative estimate of drug-likeness (QED) is 0.651. The van der Waals surface area contributed by atoms with Gasteiger partial charge >= 0.3 is 5.97 Å². The second-order valence-corrected chi connectivity index (χ2v) is 9.74. The molecule has 1 aliphatic heterocycles. The summed E-state index contributed by atoms with van der Waals surface area (Å²) in [5.74, 6) is 0.193. The molecule has 6 nitrogen and oxygen atoms in total. The zero-order valence-corrected chi connectivity index (χ0v) is 18.8. The Balaban J connectivity index is 1.59. The van der Waals surface area contributed by atoms with Crippen molar-refractivity contribution in [2.45, 2.75) is 45.1 Å². The van der Waals surface area contributed by atoms with Crippen LogP contribution < -0.4 is 4.74 Å². The summed E-state index contributed by atoms with van der Waals surface area (Å²) in [4.78, 5) is 12.8. The normalized spacial score (nSPS) is 15.7. The number of benzene rings is 2. The van der Waals surface area contributed by atoms with Gasteiger partial charge in [0.2, 0.25) is 10.0 Å². The molecule has 0 spiro atoms. The van der Waals surface area contributed by atoms with Crippen molar-refractivity contribution in [2.24, 2.45) is 5.92 Å². The summed E-state index contributed by atoms with van der Waals surface area (Å²) in [5, 5.41) is 0. The molecule has 0 saturated carbocycles. The van der Waals surface area contributed by atoms with Crippen molar-refractivity contribution < 1.29 is 22.7 Å². The SMILES string of the molecule is COc1ccc(COC(=O)C2CCN(S(=O)(=O)c3c(C)cc(C)cc3C)CC2)cc1. The zero-order valence-electron chi connectivity index (χ0n) is 18.0. The fourth-order valence-electron chi connectivity index (χ4n) is 4.03. The average Bonchev–Trinajstić information content (AvgIpc) is 2.71. The molecule has 0 aliphatic carbocycles. The van der Waals surface area contributed by atoms with Crippen molar-refractivity contribution >= 4 is 16.0 Å². The van der Waals surface area contributed by atoms with E-state index in [1.54, 1.807) is 7.11 Å². The molecular formula is C23H29NO5S. The lowest BCUT2D eigenvalue weighted by molar-refractivity contribution is -0.151. The number of ether oxygens (including phenoxy) is 2. The number of methoxy groups -OCH3 is 1. The smallest absolute Gasteiger partial charge is 0.309 e. The largest absolute Gasteiger partial charge is 0.497 e. The van der Waals surface area contributed by atoms with Gasteiger partial charge in [0.15, 0.2) is 0 Å². The monoisotopic (exact) mass is 431 g/mol. The highest BCUT2D eigenvalue weighted by atomic mass is 32.2. The third-order valence-corrected chi connectivity index (χ3v) is 7.73. The van der Waals surface area contributed by atoms with Crippen LogP contribution in [0.1, 0.15) is 35.1 Å². The molecule has 0 amide bonds. The highest BCUT2D eigenvalue weighted by Crippen LogP contribution is 2.29. The predicted octanol–water partition coefficient (Wildman–Crippen LogP) is 3.76. The highest BCUT2D eigenvalue weighted by molar-refractivity contribution is 7.89. The molecule has 0 atom stereocenters. The van der Waals surface area contributed by atoms with Gasteiger partial charge in [0, 0.05) is 13.1 Å². The molecule has 0 aromatic heterocycles. The number of hydrogen-bond donors (Lipinski definition) is 0. The summed E-state index contributed by atoms with van der Waals surface area (Å²) >= 11 is 0. The minimum atomic E-state index is -3.58. The van der Waals surface area contributed by atoms with Crippen molar-refractivity contribution in [1.29, 1.82) is 0 Å². The van der Waals surface area contributed by atoms with Gasteiger partial charge in [-0.2, -0.15) is 4.31 Å². The Kier molecular flexibility index (Phi) is 6.83. The molecule has 30 heavy (non-hydrogen) atoms. The van der Waals surface area contributed by atoms with E-state index in [9.17, 15) is 13.2 Å². The number of esters is 1. The third-order valence-electron chi connectivity index (χ3n) is 5.53. The number of sulfonamides is 1. The number of piperidine rings is 1. The first-order valence-electron chi connectivity index (χ1n) is 10.1. The molecule has 1 fully saturated rings. The van der Waals surface area contributed by atoms with Crippen LogP contribution >= 0.6 is 0 Å². The van der Waals surface area contributed by atoms with E-state index in [0.29, 0.717) is 30.8 Å². The van der Waals surface area contributed by atoms with Crippen LogP contribution in [0.15, 0.2) is 41.3 Å². The van der Waals surface area contributed by atoms with Crippen LogP contribution in [0, 0.1) is 26.7 Å². The van der Waals surface area contributed by atoms with E-state index in [2.05, 4.69) is 0 Å². The molecule has 1 aliphatic rings. The third kappa shape index (κ3) is 4.84. The van der Waals surface area contributed by atoms with Gasteiger partial charge < -0.3 is 9.47 Å². The van der Waals surface area contributed by atoms with E-state index in [0.717, 1.165) is 28.0 Å². The molecule has 0 radical (unpaired) electrons. The highest BCUT2D eigenvalue weighted by Gasteiger charge is 2.34. The zero-order chi connectivity index (χ0) is 21.9. The lowest BCUT2D eigenvalue weighted by Gasteiger charge is -2.31. The first-order chi connectivity index (χ1) is 14.2. The number of carbonyl (C=O) groups excluding carboxylic acids is 1. The van der Waals surface area contributed by atoms with E-state index in [1.165, 1.54) is 4.31 Å². The van der Waals surface area contributed by atoms with E-state index in [-0.39, 0.29) is 18.5 Å². The molecule has 162 valence electrons. The standard InChI is InChI=1S/C23H29NO5S/c1-16-13-17(2)22(18(3)14-16)30(26,27)24-11-9-20(10-12-24)23(25)29-15-19-5-7-21(28-4)8-6-19/h5-8,13-14,20H,9-12,15H2,1-4H3. The lowest BCUT2D eigenvalue weighted by Crippen LogP contribution is -2.41. The number of carbonyl (C=O) groups is 1. The molecule has 2 aromatic rings. The molecule has 1 heterocycles. The van der Waals surface area contributed by atoms with Crippen molar-refractivity contribution in [3.05, 3.63) is 58.7 Å². The summed E-state index contributed by atoms with van der Waals surface area (Å²) in [6.45, 7) is 6.45. The van der Waals surface area contributed by atoms with E-state index in [4.69, 9.17) is 9.47 Å². The Morgan fingerprint density at radius 3 is 2.13 bits per heavy atom. The predicted molar refractivity (Wildman–Crippen MR) is 115 cm³/mol. The maximum atomic E-state index is 13.2. The molecular weight excluding hydrogens is 402 g/mol. The van der Waals surface area contributed by atoms with Crippen LogP contribution in [0.2, 0.25) is 0 Å². The first kappa shape index (κ1) is 22.3. The minimum Gasteiger partial charge on any atom is -0.497 e. The Bertz CT molecular complexity index is 983. The van der Waals surface area contributed by atoms with Crippen LogP contribution in [-0.4, -0.2) is 38.9 Å². The van der Waals surface area contributed by atoms with Crippen molar-refractivity contribution in [3.63, 3.8) is 0 Å². The molecule has 0 bridgehead atoms. The topological polar surface area (TPSA) is 72.9 Å². The summed E-state index contributed by atoms with van der Waals surface area (Å²) < 4.78 is 38.4. The Morgan fingerprint density at radius 1 is 1.03 bits per heavy atom. The Hall–Kier alpha value is -2.38.